The largest absolute Gasteiger partial charge is 0.356 e. The van der Waals surface area contributed by atoms with Crippen molar-refractivity contribution in [1.82, 2.24) is 5.32 Å². The van der Waals surface area contributed by atoms with Gasteiger partial charge in [0.1, 0.15) is 5.78 Å². The van der Waals surface area contributed by atoms with Crippen molar-refractivity contribution in [3.05, 3.63) is 22.4 Å². The molecule has 0 unspecified atom stereocenters. The zero-order chi connectivity index (χ0) is 12.1. The Morgan fingerprint density at radius 3 is 2.82 bits per heavy atom. The second-order valence-corrected chi connectivity index (χ2v) is 5.47. The maximum absolute atomic E-state index is 11.8. The molecule has 1 saturated carbocycles. The molecule has 1 aromatic rings. The first-order valence-electron chi connectivity index (χ1n) is 6.07. The summed E-state index contributed by atoms with van der Waals surface area (Å²) < 4.78 is 0. The monoisotopic (exact) mass is 251 g/mol. The van der Waals surface area contributed by atoms with Crippen LogP contribution in [-0.2, 0) is 16.0 Å². The highest BCUT2D eigenvalue weighted by atomic mass is 32.1. The summed E-state index contributed by atoms with van der Waals surface area (Å²) in [5, 5.41) is 5.01. The van der Waals surface area contributed by atoms with Crippen molar-refractivity contribution in [2.24, 2.45) is 5.92 Å². The molecule has 1 N–H and O–H groups in total. The number of nitrogens with one attached hydrogen (secondary N) is 1. The van der Waals surface area contributed by atoms with Gasteiger partial charge in [-0.2, -0.15) is 0 Å². The van der Waals surface area contributed by atoms with Crippen molar-refractivity contribution in [2.75, 3.05) is 6.54 Å². The highest BCUT2D eigenvalue weighted by Gasteiger charge is 2.24. The first kappa shape index (κ1) is 12.3. The lowest BCUT2D eigenvalue weighted by Gasteiger charge is -2.19. The summed E-state index contributed by atoms with van der Waals surface area (Å²) in [6.07, 6.45) is 3.49. The second kappa shape index (κ2) is 5.96. The van der Waals surface area contributed by atoms with Crippen LogP contribution in [0, 0.1) is 5.92 Å². The Kier molecular flexibility index (Phi) is 4.31. The van der Waals surface area contributed by atoms with Crippen LogP contribution < -0.4 is 5.32 Å². The maximum atomic E-state index is 11.8. The van der Waals surface area contributed by atoms with Gasteiger partial charge >= 0.3 is 0 Å². The van der Waals surface area contributed by atoms with E-state index in [2.05, 4.69) is 11.4 Å². The van der Waals surface area contributed by atoms with Gasteiger partial charge in [0.15, 0.2) is 0 Å². The molecule has 1 aliphatic rings. The first-order chi connectivity index (χ1) is 8.25. The van der Waals surface area contributed by atoms with Crippen LogP contribution in [0.4, 0.5) is 0 Å². The molecule has 0 radical (unpaired) electrons. The molecule has 92 valence electrons. The third-order valence-corrected chi connectivity index (χ3v) is 4.10. The molecule has 1 fully saturated rings. The molecular weight excluding hydrogens is 234 g/mol. The summed E-state index contributed by atoms with van der Waals surface area (Å²) in [5.74, 6) is 0.470. The molecule has 0 bridgehead atoms. The van der Waals surface area contributed by atoms with E-state index in [1.165, 1.54) is 4.88 Å². The number of carbonyl (C=O) groups is 2. The smallest absolute Gasteiger partial charge is 0.223 e. The molecule has 0 aromatic carbocycles. The van der Waals surface area contributed by atoms with Crippen LogP contribution in [0.5, 0.6) is 0 Å². The Bertz CT molecular complexity index is 376. The van der Waals surface area contributed by atoms with Crippen molar-refractivity contribution < 1.29 is 9.59 Å². The number of Topliss-reactive ketones (excluding diaryl/α,β-unsaturated/α-hetero) is 1. The molecule has 0 saturated heterocycles. The van der Waals surface area contributed by atoms with E-state index in [1.54, 1.807) is 11.3 Å². The fraction of sp³-hybridized carbons (Fsp3) is 0.538. The van der Waals surface area contributed by atoms with Crippen LogP contribution in [0.15, 0.2) is 17.5 Å². The minimum atomic E-state index is 0.0519. The van der Waals surface area contributed by atoms with Gasteiger partial charge in [0.2, 0.25) is 5.91 Å². The molecule has 1 aromatic heterocycles. The minimum Gasteiger partial charge on any atom is -0.356 e. The summed E-state index contributed by atoms with van der Waals surface area (Å²) >= 11 is 1.71. The quantitative estimate of drug-likeness (QED) is 0.891. The molecule has 1 amide bonds. The molecule has 1 aliphatic carbocycles. The van der Waals surface area contributed by atoms with E-state index in [1.807, 2.05) is 11.4 Å². The summed E-state index contributed by atoms with van der Waals surface area (Å²) in [7, 11) is 0. The van der Waals surface area contributed by atoms with Crippen molar-refractivity contribution in [3.8, 4) is 0 Å². The maximum Gasteiger partial charge on any atom is 0.223 e. The first-order valence-corrected chi connectivity index (χ1v) is 6.95. The molecule has 0 aliphatic heterocycles. The molecule has 3 nitrogen and oxygen atoms in total. The van der Waals surface area contributed by atoms with E-state index in [9.17, 15) is 9.59 Å². The average Bonchev–Trinajstić information content (AvgIpc) is 2.83. The standard InChI is InChI=1S/C13H17NO2S/c15-11-5-3-10(4-6-11)13(16)14-8-7-12-2-1-9-17-12/h1-2,9-10H,3-8H2,(H,14,16). The van der Waals surface area contributed by atoms with E-state index < -0.39 is 0 Å². The zero-order valence-electron chi connectivity index (χ0n) is 9.78. The van der Waals surface area contributed by atoms with Gasteiger partial charge < -0.3 is 5.32 Å². The van der Waals surface area contributed by atoms with Gasteiger partial charge in [-0.3, -0.25) is 9.59 Å². The lowest BCUT2D eigenvalue weighted by atomic mass is 9.88. The van der Waals surface area contributed by atoms with E-state index in [4.69, 9.17) is 0 Å². The number of hydrogen-bond acceptors (Lipinski definition) is 3. The fourth-order valence-electron chi connectivity index (χ4n) is 2.11. The Balaban J connectivity index is 1.68. The zero-order valence-corrected chi connectivity index (χ0v) is 10.6. The summed E-state index contributed by atoms with van der Waals surface area (Å²) in [6, 6.07) is 4.10. The van der Waals surface area contributed by atoms with Crippen LogP contribution in [-0.4, -0.2) is 18.2 Å². The van der Waals surface area contributed by atoms with Crippen LogP contribution in [0.3, 0.4) is 0 Å². The van der Waals surface area contributed by atoms with Crippen molar-refractivity contribution >= 4 is 23.0 Å². The Morgan fingerprint density at radius 2 is 2.18 bits per heavy atom. The predicted octanol–water partition coefficient (Wildman–Crippen LogP) is 2.17. The number of amides is 1. The molecule has 0 atom stereocenters. The van der Waals surface area contributed by atoms with Crippen molar-refractivity contribution in [1.29, 1.82) is 0 Å². The molecule has 2 rings (SSSR count). The molecule has 0 spiro atoms. The topological polar surface area (TPSA) is 46.2 Å². The third-order valence-electron chi connectivity index (χ3n) is 3.16. The van der Waals surface area contributed by atoms with Gasteiger partial charge in [0, 0.05) is 30.2 Å². The lowest BCUT2D eigenvalue weighted by Crippen LogP contribution is -2.34. The van der Waals surface area contributed by atoms with E-state index in [-0.39, 0.29) is 11.8 Å². The second-order valence-electron chi connectivity index (χ2n) is 4.43. The predicted molar refractivity (Wildman–Crippen MR) is 68.0 cm³/mol. The number of carbonyl (C=O) groups excluding carboxylic acids is 2. The van der Waals surface area contributed by atoms with Crippen LogP contribution in [0.1, 0.15) is 30.6 Å². The average molecular weight is 251 g/mol. The van der Waals surface area contributed by atoms with Gasteiger partial charge in [-0.25, -0.2) is 0 Å². The number of rotatable bonds is 4. The Morgan fingerprint density at radius 1 is 1.41 bits per heavy atom. The fourth-order valence-corrected chi connectivity index (χ4v) is 2.82. The summed E-state index contributed by atoms with van der Waals surface area (Å²) in [4.78, 5) is 24.2. The highest BCUT2D eigenvalue weighted by molar-refractivity contribution is 7.09. The van der Waals surface area contributed by atoms with E-state index in [0.29, 0.717) is 25.2 Å². The molecule has 17 heavy (non-hydrogen) atoms. The van der Waals surface area contributed by atoms with Gasteiger partial charge in [-0.1, -0.05) is 6.07 Å². The van der Waals surface area contributed by atoms with Crippen molar-refractivity contribution in [3.63, 3.8) is 0 Å². The Labute approximate surface area is 105 Å². The normalized spacial score (nSPS) is 17.1. The van der Waals surface area contributed by atoms with E-state index in [0.717, 1.165) is 19.3 Å². The number of hydrogen-bond donors (Lipinski definition) is 1. The van der Waals surface area contributed by atoms with Crippen LogP contribution in [0.25, 0.3) is 0 Å². The van der Waals surface area contributed by atoms with E-state index >= 15 is 0 Å². The van der Waals surface area contributed by atoms with Crippen molar-refractivity contribution in [2.45, 2.75) is 32.1 Å². The summed E-state index contributed by atoms with van der Waals surface area (Å²) in [6.45, 7) is 0.698. The third kappa shape index (κ3) is 3.66. The van der Waals surface area contributed by atoms with Gasteiger partial charge in [-0.15, -0.1) is 11.3 Å². The number of thiophene rings is 1. The SMILES string of the molecule is O=C1CCC(C(=O)NCCc2cccs2)CC1. The highest BCUT2D eigenvalue weighted by Crippen LogP contribution is 2.21. The Hall–Kier alpha value is -1.16. The van der Waals surface area contributed by atoms with Crippen LogP contribution >= 0.6 is 11.3 Å². The minimum absolute atomic E-state index is 0.0519. The molecule has 4 heteroatoms. The molecular formula is C13H17NO2S. The van der Waals surface area contributed by atoms with Gasteiger partial charge in [-0.05, 0) is 30.7 Å². The lowest BCUT2D eigenvalue weighted by molar-refractivity contribution is -0.128. The van der Waals surface area contributed by atoms with Gasteiger partial charge in [0.05, 0.1) is 0 Å². The van der Waals surface area contributed by atoms with Crippen LogP contribution in [0.2, 0.25) is 0 Å². The summed E-state index contributed by atoms with van der Waals surface area (Å²) in [5.41, 5.74) is 0. The van der Waals surface area contributed by atoms with Gasteiger partial charge in [0.25, 0.3) is 0 Å². The molecule has 1 heterocycles. The number of ketones is 1.